The lowest BCUT2D eigenvalue weighted by Crippen LogP contribution is -2.33. The SMILES string of the molecule is C[C@@H](N)CCNCCCCNC(=O)OCC(=O)NCCCCCCNC(=N)N. The maximum atomic E-state index is 11.6. The summed E-state index contributed by atoms with van der Waals surface area (Å²) in [4.78, 5) is 23.1. The molecule has 0 aromatic carbocycles. The van der Waals surface area contributed by atoms with Gasteiger partial charge in [-0.15, -0.1) is 0 Å². The van der Waals surface area contributed by atoms with Crippen molar-refractivity contribution in [2.75, 3.05) is 39.3 Å². The molecule has 28 heavy (non-hydrogen) atoms. The number of ether oxygens (including phenoxy) is 1. The summed E-state index contributed by atoms with van der Waals surface area (Å²) in [6, 6.07) is 0.210. The third-order valence-corrected chi connectivity index (χ3v) is 3.90. The Bertz CT molecular complexity index is 433. The molecule has 0 fully saturated rings. The normalized spacial score (nSPS) is 11.5. The Morgan fingerprint density at radius 1 is 0.893 bits per heavy atom. The van der Waals surface area contributed by atoms with Crippen LogP contribution >= 0.6 is 0 Å². The van der Waals surface area contributed by atoms with Crippen LogP contribution in [0.2, 0.25) is 0 Å². The van der Waals surface area contributed by atoms with Crippen molar-refractivity contribution < 1.29 is 14.3 Å². The zero-order chi connectivity index (χ0) is 21.0. The van der Waals surface area contributed by atoms with Crippen LogP contribution in [0, 0.1) is 5.41 Å². The lowest BCUT2D eigenvalue weighted by Gasteiger charge is -2.09. The van der Waals surface area contributed by atoms with Gasteiger partial charge >= 0.3 is 6.09 Å². The highest BCUT2D eigenvalue weighted by molar-refractivity contribution is 5.79. The molecule has 9 N–H and O–H groups in total. The maximum Gasteiger partial charge on any atom is 0.407 e. The first-order chi connectivity index (χ1) is 13.4. The van der Waals surface area contributed by atoms with Gasteiger partial charge in [-0.25, -0.2) is 4.79 Å². The number of hydrogen-bond acceptors (Lipinski definition) is 6. The van der Waals surface area contributed by atoms with Gasteiger partial charge in [-0.05, 0) is 52.1 Å². The van der Waals surface area contributed by atoms with Gasteiger partial charge in [0.15, 0.2) is 12.6 Å². The number of nitrogens with one attached hydrogen (secondary N) is 5. The molecule has 0 unspecified atom stereocenters. The fourth-order valence-electron chi connectivity index (χ4n) is 2.31. The summed E-state index contributed by atoms with van der Waals surface area (Å²) < 4.78 is 4.88. The molecule has 164 valence electrons. The van der Waals surface area contributed by atoms with Crippen molar-refractivity contribution >= 4 is 18.0 Å². The molecule has 0 radical (unpaired) electrons. The van der Waals surface area contributed by atoms with Crippen molar-refractivity contribution in [3.05, 3.63) is 0 Å². The molecule has 0 rings (SSSR count). The fourth-order valence-corrected chi connectivity index (χ4v) is 2.31. The first kappa shape index (κ1) is 25.9. The van der Waals surface area contributed by atoms with E-state index >= 15 is 0 Å². The van der Waals surface area contributed by atoms with Gasteiger partial charge in [-0.1, -0.05) is 12.8 Å². The predicted molar refractivity (Wildman–Crippen MR) is 111 cm³/mol. The smallest absolute Gasteiger partial charge is 0.407 e. The second-order valence-electron chi connectivity index (χ2n) is 6.83. The number of rotatable bonds is 17. The van der Waals surface area contributed by atoms with Crippen molar-refractivity contribution in [3.8, 4) is 0 Å². The predicted octanol–water partition coefficient (Wildman–Crippen LogP) is -0.0206. The van der Waals surface area contributed by atoms with E-state index in [0.29, 0.717) is 19.6 Å². The Morgan fingerprint density at radius 2 is 1.46 bits per heavy atom. The Balaban J connectivity index is 3.37. The molecule has 0 bridgehead atoms. The first-order valence-corrected chi connectivity index (χ1v) is 10.1. The van der Waals surface area contributed by atoms with Crippen LogP contribution in [-0.2, 0) is 9.53 Å². The molecule has 1 atom stereocenters. The highest BCUT2D eigenvalue weighted by Gasteiger charge is 2.06. The van der Waals surface area contributed by atoms with E-state index in [-0.39, 0.29) is 24.5 Å². The van der Waals surface area contributed by atoms with Crippen molar-refractivity contribution in [3.63, 3.8) is 0 Å². The van der Waals surface area contributed by atoms with Crippen LogP contribution in [0.3, 0.4) is 0 Å². The Hall–Kier alpha value is -2.07. The van der Waals surface area contributed by atoms with Gasteiger partial charge in [0.1, 0.15) is 0 Å². The van der Waals surface area contributed by atoms with Crippen molar-refractivity contribution in [1.82, 2.24) is 21.3 Å². The van der Waals surface area contributed by atoms with Gasteiger partial charge in [0.05, 0.1) is 0 Å². The van der Waals surface area contributed by atoms with Crippen LogP contribution in [-0.4, -0.2) is 63.3 Å². The van der Waals surface area contributed by atoms with Crippen LogP contribution in [0.1, 0.15) is 51.9 Å². The Kier molecular flexibility index (Phi) is 16.9. The molecule has 2 amide bonds. The lowest BCUT2D eigenvalue weighted by atomic mass is 10.2. The minimum Gasteiger partial charge on any atom is -0.439 e. The largest absolute Gasteiger partial charge is 0.439 e. The van der Waals surface area contributed by atoms with Crippen LogP contribution in [0.4, 0.5) is 4.79 Å². The minimum atomic E-state index is -0.571. The van der Waals surface area contributed by atoms with E-state index in [1.807, 2.05) is 6.92 Å². The van der Waals surface area contributed by atoms with Gasteiger partial charge in [0.25, 0.3) is 5.91 Å². The molecule has 0 saturated carbocycles. The monoisotopic (exact) mass is 401 g/mol. The van der Waals surface area contributed by atoms with Gasteiger partial charge in [-0.2, -0.15) is 0 Å². The number of amides is 2. The summed E-state index contributed by atoms with van der Waals surface area (Å²) in [6.07, 6.45) is 5.93. The molecule has 0 aromatic heterocycles. The van der Waals surface area contributed by atoms with Crippen molar-refractivity contribution in [1.29, 1.82) is 5.41 Å². The molecule has 0 saturated heterocycles. The number of carbonyl (C=O) groups excluding carboxylic acids is 2. The second kappa shape index (κ2) is 18.3. The number of carbonyl (C=O) groups is 2. The van der Waals surface area contributed by atoms with Crippen LogP contribution in [0.15, 0.2) is 0 Å². The number of alkyl carbamates (subject to hydrolysis) is 1. The summed E-state index contributed by atoms with van der Waals surface area (Å²) in [6.45, 7) is 5.27. The van der Waals surface area contributed by atoms with Gasteiger partial charge in [-0.3, -0.25) is 10.2 Å². The Labute approximate surface area is 168 Å². The van der Waals surface area contributed by atoms with E-state index in [1.54, 1.807) is 0 Å². The Morgan fingerprint density at radius 3 is 2.11 bits per heavy atom. The molecule has 0 aromatic rings. The van der Waals surface area contributed by atoms with Crippen molar-refractivity contribution in [2.24, 2.45) is 11.5 Å². The highest BCUT2D eigenvalue weighted by Crippen LogP contribution is 1.97. The van der Waals surface area contributed by atoms with Crippen molar-refractivity contribution in [2.45, 2.75) is 57.9 Å². The van der Waals surface area contributed by atoms with Gasteiger partial charge in [0.2, 0.25) is 0 Å². The van der Waals surface area contributed by atoms with E-state index in [1.165, 1.54) is 0 Å². The first-order valence-electron chi connectivity index (χ1n) is 10.1. The molecule has 0 aliphatic rings. The standard InChI is InChI=1S/C18H39N7O3/c1-15(19)8-13-22-9-6-7-12-25-18(27)28-14-16(26)23-10-4-2-3-5-11-24-17(20)21/h15,22H,2-14,19H2,1H3,(H,23,26)(H,25,27)(H4,20,21,24)/t15-/m1/s1. The van der Waals surface area contributed by atoms with Gasteiger partial charge in [0, 0.05) is 25.7 Å². The summed E-state index contributed by atoms with van der Waals surface area (Å²) in [5.41, 5.74) is 10.8. The maximum absolute atomic E-state index is 11.6. The van der Waals surface area contributed by atoms with E-state index in [0.717, 1.165) is 58.0 Å². The summed E-state index contributed by atoms with van der Waals surface area (Å²) in [5, 5.41) is 18.4. The zero-order valence-corrected chi connectivity index (χ0v) is 17.1. The van der Waals surface area contributed by atoms with Crippen LogP contribution in [0.5, 0.6) is 0 Å². The average molecular weight is 402 g/mol. The number of hydrogen-bond donors (Lipinski definition) is 7. The molecule has 10 heteroatoms. The van der Waals surface area contributed by atoms with Crippen LogP contribution in [0.25, 0.3) is 0 Å². The molecule has 0 heterocycles. The molecular weight excluding hydrogens is 362 g/mol. The molecule has 10 nitrogen and oxygen atoms in total. The topological polar surface area (TPSA) is 167 Å². The van der Waals surface area contributed by atoms with E-state index < -0.39 is 6.09 Å². The number of guanidine groups is 1. The third kappa shape index (κ3) is 20.2. The lowest BCUT2D eigenvalue weighted by molar-refractivity contribution is -0.123. The van der Waals surface area contributed by atoms with E-state index in [2.05, 4.69) is 21.3 Å². The quantitative estimate of drug-likeness (QED) is 0.102. The molecule has 0 aliphatic carbocycles. The van der Waals surface area contributed by atoms with E-state index in [4.69, 9.17) is 21.6 Å². The zero-order valence-electron chi connectivity index (χ0n) is 17.1. The summed E-state index contributed by atoms with van der Waals surface area (Å²) in [7, 11) is 0. The average Bonchev–Trinajstić information content (AvgIpc) is 2.63. The third-order valence-electron chi connectivity index (χ3n) is 3.90. The number of nitrogens with two attached hydrogens (primary N) is 2. The van der Waals surface area contributed by atoms with E-state index in [9.17, 15) is 9.59 Å². The summed E-state index contributed by atoms with van der Waals surface area (Å²) >= 11 is 0. The molecule has 0 spiro atoms. The minimum absolute atomic E-state index is 0.0127. The second-order valence-corrected chi connectivity index (χ2v) is 6.83. The summed E-state index contributed by atoms with van der Waals surface area (Å²) in [5.74, 6) is -0.312. The molecular formula is C18H39N7O3. The van der Waals surface area contributed by atoms with Gasteiger partial charge < -0.3 is 37.5 Å². The number of unbranched alkanes of at least 4 members (excludes halogenated alkanes) is 4. The molecule has 0 aliphatic heterocycles. The highest BCUT2D eigenvalue weighted by atomic mass is 16.6. The van der Waals surface area contributed by atoms with Crippen LogP contribution < -0.4 is 32.7 Å². The fraction of sp³-hybridized carbons (Fsp3) is 0.833.